The Hall–Kier alpha value is -1.88. The van der Waals surface area contributed by atoms with Crippen molar-refractivity contribution in [3.05, 3.63) is 30.1 Å². The summed E-state index contributed by atoms with van der Waals surface area (Å²) in [4.78, 5) is 20.9. The second-order valence-electron chi connectivity index (χ2n) is 4.58. The number of aromatic amines is 1. The molecule has 5 heteroatoms. The number of hydrogen-bond donors (Lipinski definition) is 2. The van der Waals surface area contributed by atoms with Gasteiger partial charge in [-0.2, -0.15) is 0 Å². The van der Waals surface area contributed by atoms with E-state index in [2.05, 4.69) is 15.3 Å². The fourth-order valence-corrected chi connectivity index (χ4v) is 1.76. The zero-order valence-corrected chi connectivity index (χ0v) is 10.7. The summed E-state index contributed by atoms with van der Waals surface area (Å²) in [7, 11) is 3.97. The molecule has 2 aromatic rings. The lowest BCUT2D eigenvalue weighted by Crippen LogP contribution is -2.32. The lowest BCUT2D eigenvalue weighted by Gasteiger charge is -2.10. The Morgan fingerprint density at radius 3 is 3.06 bits per heavy atom. The maximum absolute atomic E-state index is 11.7. The second kappa shape index (κ2) is 5.64. The third kappa shape index (κ3) is 3.30. The van der Waals surface area contributed by atoms with E-state index < -0.39 is 0 Å². The van der Waals surface area contributed by atoms with E-state index in [-0.39, 0.29) is 5.91 Å². The largest absolute Gasteiger partial charge is 0.355 e. The number of nitrogens with zero attached hydrogens (tertiary/aromatic N) is 2. The number of H-pyrrole nitrogens is 1. The van der Waals surface area contributed by atoms with E-state index in [0.717, 1.165) is 23.1 Å². The molecule has 1 heterocycles. The van der Waals surface area contributed by atoms with Crippen molar-refractivity contribution in [3.8, 4) is 0 Å². The fraction of sp³-hybridized carbons (Fsp3) is 0.385. The molecule has 1 aromatic carbocycles. The summed E-state index contributed by atoms with van der Waals surface area (Å²) >= 11 is 0. The SMILES string of the molecule is CN(C)CCNC(=O)Cc1ccc2nc[nH]c2c1. The topological polar surface area (TPSA) is 61.0 Å². The van der Waals surface area contributed by atoms with Crippen LogP contribution in [0.25, 0.3) is 11.0 Å². The quantitative estimate of drug-likeness (QED) is 0.819. The number of hydrogen-bond acceptors (Lipinski definition) is 3. The molecule has 0 spiro atoms. The van der Waals surface area contributed by atoms with Gasteiger partial charge in [-0.1, -0.05) is 6.07 Å². The molecule has 5 nitrogen and oxygen atoms in total. The highest BCUT2D eigenvalue weighted by atomic mass is 16.1. The van der Waals surface area contributed by atoms with Crippen molar-refractivity contribution in [1.82, 2.24) is 20.2 Å². The Balaban J connectivity index is 1.90. The molecule has 0 radical (unpaired) electrons. The van der Waals surface area contributed by atoms with Gasteiger partial charge in [0.15, 0.2) is 0 Å². The first-order chi connectivity index (χ1) is 8.65. The zero-order valence-electron chi connectivity index (χ0n) is 10.7. The van der Waals surface area contributed by atoms with Gasteiger partial charge in [-0.15, -0.1) is 0 Å². The average Bonchev–Trinajstić information content (AvgIpc) is 2.75. The molecule has 1 aromatic heterocycles. The molecule has 0 aliphatic heterocycles. The van der Waals surface area contributed by atoms with E-state index in [1.807, 2.05) is 37.2 Å². The molecule has 0 bridgehead atoms. The van der Waals surface area contributed by atoms with Crippen molar-refractivity contribution >= 4 is 16.9 Å². The summed E-state index contributed by atoms with van der Waals surface area (Å²) in [5.74, 6) is 0.0516. The van der Waals surface area contributed by atoms with E-state index >= 15 is 0 Å². The maximum atomic E-state index is 11.7. The smallest absolute Gasteiger partial charge is 0.224 e. The van der Waals surface area contributed by atoms with Crippen molar-refractivity contribution in [1.29, 1.82) is 0 Å². The molecule has 18 heavy (non-hydrogen) atoms. The fourth-order valence-electron chi connectivity index (χ4n) is 1.76. The highest BCUT2D eigenvalue weighted by Gasteiger charge is 2.04. The Kier molecular flexibility index (Phi) is 3.94. The third-order valence-corrected chi connectivity index (χ3v) is 2.73. The molecule has 0 atom stereocenters. The minimum Gasteiger partial charge on any atom is -0.355 e. The van der Waals surface area contributed by atoms with Gasteiger partial charge in [0.1, 0.15) is 0 Å². The van der Waals surface area contributed by atoms with Crippen LogP contribution in [0.4, 0.5) is 0 Å². The van der Waals surface area contributed by atoms with E-state index in [4.69, 9.17) is 0 Å². The van der Waals surface area contributed by atoms with Crippen molar-refractivity contribution in [2.24, 2.45) is 0 Å². The average molecular weight is 246 g/mol. The van der Waals surface area contributed by atoms with Crippen LogP contribution in [0.5, 0.6) is 0 Å². The van der Waals surface area contributed by atoms with Gasteiger partial charge in [-0.05, 0) is 31.8 Å². The van der Waals surface area contributed by atoms with Gasteiger partial charge in [0, 0.05) is 13.1 Å². The number of likely N-dealkylation sites (N-methyl/N-ethyl adjacent to an activating group) is 1. The zero-order chi connectivity index (χ0) is 13.0. The number of aromatic nitrogens is 2. The summed E-state index contributed by atoms with van der Waals surface area (Å²) in [5, 5.41) is 2.90. The second-order valence-corrected chi connectivity index (χ2v) is 4.58. The van der Waals surface area contributed by atoms with Crippen molar-refractivity contribution in [3.63, 3.8) is 0 Å². The first-order valence-electron chi connectivity index (χ1n) is 5.98. The Bertz CT molecular complexity index is 533. The predicted molar refractivity (Wildman–Crippen MR) is 71.4 cm³/mol. The van der Waals surface area contributed by atoms with Crippen LogP contribution in [0.1, 0.15) is 5.56 Å². The predicted octanol–water partition coefficient (Wildman–Crippen LogP) is 0.783. The van der Waals surface area contributed by atoms with Crippen molar-refractivity contribution in [2.45, 2.75) is 6.42 Å². The van der Waals surface area contributed by atoms with Crippen molar-refractivity contribution in [2.75, 3.05) is 27.2 Å². The van der Waals surface area contributed by atoms with Gasteiger partial charge in [0.05, 0.1) is 23.8 Å². The molecule has 0 saturated carbocycles. The van der Waals surface area contributed by atoms with E-state index in [9.17, 15) is 4.79 Å². The Morgan fingerprint density at radius 2 is 2.28 bits per heavy atom. The molecule has 2 N–H and O–H groups in total. The third-order valence-electron chi connectivity index (χ3n) is 2.73. The Labute approximate surface area is 106 Å². The van der Waals surface area contributed by atoms with E-state index in [1.54, 1.807) is 6.33 Å². The van der Waals surface area contributed by atoms with Crippen LogP contribution in [0, 0.1) is 0 Å². The van der Waals surface area contributed by atoms with E-state index in [1.165, 1.54) is 0 Å². The van der Waals surface area contributed by atoms with Crippen LogP contribution in [0.15, 0.2) is 24.5 Å². The summed E-state index contributed by atoms with van der Waals surface area (Å²) in [6.07, 6.45) is 2.06. The minimum atomic E-state index is 0.0516. The molecule has 1 amide bonds. The molecule has 0 unspecified atom stereocenters. The molecule has 0 aliphatic carbocycles. The number of carbonyl (C=O) groups is 1. The van der Waals surface area contributed by atoms with Crippen LogP contribution in [0.2, 0.25) is 0 Å². The number of imidazole rings is 1. The lowest BCUT2D eigenvalue weighted by molar-refractivity contribution is -0.120. The summed E-state index contributed by atoms with van der Waals surface area (Å²) in [6, 6.07) is 5.83. The summed E-state index contributed by atoms with van der Waals surface area (Å²) in [6.45, 7) is 1.53. The molecular formula is C13H18N4O. The van der Waals surface area contributed by atoms with E-state index in [0.29, 0.717) is 13.0 Å². The van der Waals surface area contributed by atoms with Gasteiger partial charge in [0.25, 0.3) is 0 Å². The highest BCUT2D eigenvalue weighted by molar-refractivity contribution is 5.81. The number of fused-ring (bicyclic) bond motifs is 1. The number of carbonyl (C=O) groups excluding carboxylic acids is 1. The van der Waals surface area contributed by atoms with Crippen LogP contribution >= 0.6 is 0 Å². The van der Waals surface area contributed by atoms with Gasteiger partial charge in [0.2, 0.25) is 5.91 Å². The first kappa shape index (κ1) is 12.6. The lowest BCUT2D eigenvalue weighted by atomic mass is 10.1. The summed E-state index contributed by atoms with van der Waals surface area (Å²) < 4.78 is 0. The van der Waals surface area contributed by atoms with Gasteiger partial charge >= 0.3 is 0 Å². The van der Waals surface area contributed by atoms with Crippen LogP contribution in [-0.4, -0.2) is 48.0 Å². The molecule has 96 valence electrons. The van der Waals surface area contributed by atoms with Crippen LogP contribution < -0.4 is 5.32 Å². The monoisotopic (exact) mass is 246 g/mol. The van der Waals surface area contributed by atoms with Gasteiger partial charge < -0.3 is 15.2 Å². The number of nitrogens with one attached hydrogen (secondary N) is 2. The Morgan fingerprint density at radius 1 is 1.44 bits per heavy atom. The molecule has 2 rings (SSSR count). The number of rotatable bonds is 5. The molecule has 0 aliphatic rings. The van der Waals surface area contributed by atoms with Crippen molar-refractivity contribution < 1.29 is 4.79 Å². The van der Waals surface area contributed by atoms with Crippen LogP contribution in [0.3, 0.4) is 0 Å². The first-order valence-corrected chi connectivity index (χ1v) is 5.98. The standard InChI is InChI=1S/C13H18N4O/c1-17(2)6-5-14-13(18)8-10-3-4-11-12(7-10)16-9-15-11/h3-4,7,9H,5-6,8H2,1-2H3,(H,14,18)(H,15,16). The van der Waals surface area contributed by atoms with Gasteiger partial charge in [-0.3, -0.25) is 4.79 Å². The highest BCUT2D eigenvalue weighted by Crippen LogP contribution is 2.11. The van der Waals surface area contributed by atoms with Gasteiger partial charge in [-0.25, -0.2) is 4.98 Å². The minimum absolute atomic E-state index is 0.0516. The summed E-state index contributed by atoms with van der Waals surface area (Å²) in [5.41, 5.74) is 2.88. The normalized spacial score (nSPS) is 11.1. The molecule has 0 fully saturated rings. The molecule has 0 saturated heterocycles. The van der Waals surface area contributed by atoms with Crippen LogP contribution in [-0.2, 0) is 11.2 Å². The molecular weight excluding hydrogens is 228 g/mol. The number of amides is 1. The number of benzene rings is 1. The maximum Gasteiger partial charge on any atom is 0.224 e.